The van der Waals surface area contributed by atoms with Gasteiger partial charge in [0.1, 0.15) is 5.75 Å². The predicted molar refractivity (Wildman–Crippen MR) is 80.3 cm³/mol. The Morgan fingerprint density at radius 1 is 1.53 bits per heavy atom. The van der Waals surface area contributed by atoms with E-state index in [4.69, 9.17) is 10.5 Å². The highest BCUT2D eigenvalue weighted by molar-refractivity contribution is 9.10. The number of carbonyl (C=O) groups excluding carboxylic acids is 1. The van der Waals surface area contributed by atoms with Crippen molar-refractivity contribution < 1.29 is 9.53 Å². The number of hydrogen-bond donors (Lipinski definition) is 2. The summed E-state index contributed by atoms with van der Waals surface area (Å²) in [6, 6.07) is 5.79. The lowest BCUT2D eigenvalue weighted by Crippen LogP contribution is -2.36. The number of hydrogen-bond acceptors (Lipinski definition) is 3. The molecule has 19 heavy (non-hydrogen) atoms. The first-order valence-corrected chi connectivity index (χ1v) is 7.31. The van der Waals surface area contributed by atoms with Crippen LogP contribution in [0.3, 0.4) is 0 Å². The van der Waals surface area contributed by atoms with Crippen molar-refractivity contribution in [2.75, 3.05) is 13.1 Å². The van der Waals surface area contributed by atoms with Gasteiger partial charge < -0.3 is 15.8 Å². The SMILES string of the molecule is CCCNC(=O)C(C)Oc1c(Br)cccc1CCN. The maximum atomic E-state index is 11.8. The van der Waals surface area contributed by atoms with Gasteiger partial charge in [-0.05, 0) is 53.9 Å². The van der Waals surface area contributed by atoms with Crippen LogP contribution in [-0.4, -0.2) is 25.1 Å². The molecule has 106 valence electrons. The van der Waals surface area contributed by atoms with E-state index in [0.29, 0.717) is 18.8 Å². The van der Waals surface area contributed by atoms with E-state index in [1.54, 1.807) is 6.92 Å². The number of nitrogens with two attached hydrogens (primary N) is 1. The summed E-state index contributed by atoms with van der Waals surface area (Å²) in [6.07, 6.45) is 1.10. The van der Waals surface area contributed by atoms with Gasteiger partial charge in [0.05, 0.1) is 4.47 Å². The van der Waals surface area contributed by atoms with Gasteiger partial charge in [-0.3, -0.25) is 4.79 Å². The Morgan fingerprint density at radius 2 is 2.26 bits per heavy atom. The molecule has 0 saturated carbocycles. The topological polar surface area (TPSA) is 64.3 Å². The first-order valence-electron chi connectivity index (χ1n) is 6.52. The number of ether oxygens (including phenoxy) is 1. The van der Waals surface area contributed by atoms with Crippen LogP contribution in [0, 0.1) is 0 Å². The molecule has 1 atom stereocenters. The van der Waals surface area contributed by atoms with Crippen molar-refractivity contribution in [3.05, 3.63) is 28.2 Å². The minimum absolute atomic E-state index is 0.101. The van der Waals surface area contributed by atoms with Crippen LogP contribution >= 0.6 is 15.9 Å². The lowest BCUT2D eigenvalue weighted by atomic mass is 10.1. The maximum Gasteiger partial charge on any atom is 0.260 e. The van der Waals surface area contributed by atoms with E-state index >= 15 is 0 Å². The molecular formula is C14H21BrN2O2. The Balaban J connectivity index is 2.77. The van der Waals surface area contributed by atoms with E-state index < -0.39 is 6.10 Å². The quantitative estimate of drug-likeness (QED) is 0.806. The molecule has 0 bridgehead atoms. The summed E-state index contributed by atoms with van der Waals surface area (Å²) in [6.45, 7) is 4.97. The Bertz CT molecular complexity index is 424. The number of para-hydroxylation sites is 1. The first-order chi connectivity index (χ1) is 9.10. The van der Waals surface area contributed by atoms with E-state index in [1.807, 2.05) is 25.1 Å². The van der Waals surface area contributed by atoms with Crippen molar-refractivity contribution >= 4 is 21.8 Å². The summed E-state index contributed by atoms with van der Waals surface area (Å²) in [5, 5.41) is 2.82. The van der Waals surface area contributed by atoms with Crippen molar-refractivity contribution in [1.29, 1.82) is 0 Å². The lowest BCUT2D eigenvalue weighted by Gasteiger charge is -2.18. The fourth-order valence-electron chi connectivity index (χ4n) is 1.66. The zero-order chi connectivity index (χ0) is 14.3. The van der Waals surface area contributed by atoms with Crippen molar-refractivity contribution in [2.24, 2.45) is 5.73 Å². The fourth-order valence-corrected chi connectivity index (χ4v) is 2.16. The standard InChI is InChI=1S/C14H21BrN2O2/c1-3-9-17-14(18)10(2)19-13-11(7-8-16)5-4-6-12(13)15/h4-6,10H,3,7-9,16H2,1-2H3,(H,17,18). The summed E-state index contributed by atoms with van der Waals surface area (Å²) >= 11 is 3.45. The molecule has 0 heterocycles. The Hall–Kier alpha value is -1.07. The normalized spacial score (nSPS) is 12.0. The smallest absolute Gasteiger partial charge is 0.260 e. The molecule has 0 spiro atoms. The number of amides is 1. The Labute approximate surface area is 122 Å². The molecule has 0 aliphatic rings. The van der Waals surface area contributed by atoms with Gasteiger partial charge in [0.15, 0.2) is 6.10 Å². The zero-order valence-electron chi connectivity index (χ0n) is 11.4. The Morgan fingerprint density at radius 3 is 2.89 bits per heavy atom. The van der Waals surface area contributed by atoms with Gasteiger partial charge in [0.2, 0.25) is 0 Å². The molecule has 0 fully saturated rings. The highest BCUT2D eigenvalue weighted by Crippen LogP contribution is 2.30. The third-order valence-corrected chi connectivity index (χ3v) is 3.30. The average Bonchev–Trinajstić information content (AvgIpc) is 2.40. The summed E-state index contributed by atoms with van der Waals surface area (Å²) in [4.78, 5) is 11.8. The summed E-state index contributed by atoms with van der Waals surface area (Å²) in [7, 11) is 0. The van der Waals surface area contributed by atoms with Crippen molar-refractivity contribution in [1.82, 2.24) is 5.32 Å². The molecule has 1 aromatic carbocycles. The van der Waals surface area contributed by atoms with Crippen LogP contribution in [0.25, 0.3) is 0 Å². The van der Waals surface area contributed by atoms with Crippen molar-refractivity contribution in [2.45, 2.75) is 32.8 Å². The van der Waals surface area contributed by atoms with Gasteiger partial charge in [0, 0.05) is 6.54 Å². The molecular weight excluding hydrogens is 308 g/mol. The molecule has 5 heteroatoms. The largest absolute Gasteiger partial charge is 0.479 e. The van der Waals surface area contributed by atoms with Crippen LogP contribution in [0.5, 0.6) is 5.75 Å². The molecule has 0 aliphatic heterocycles. The van der Waals surface area contributed by atoms with E-state index in [9.17, 15) is 4.79 Å². The van der Waals surface area contributed by atoms with Gasteiger partial charge in [-0.25, -0.2) is 0 Å². The van der Waals surface area contributed by atoms with Gasteiger partial charge in [-0.15, -0.1) is 0 Å². The molecule has 0 aliphatic carbocycles. The van der Waals surface area contributed by atoms with Gasteiger partial charge in [-0.2, -0.15) is 0 Å². The van der Waals surface area contributed by atoms with E-state index in [1.165, 1.54) is 0 Å². The van der Waals surface area contributed by atoms with Crippen molar-refractivity contribution in [3.63, 3.8) is 0 Å². The molecule has 4 nitrogen and oxygen atoms in total. The molecule has 1 unspecified atom stereocenters. The predicted octanol–water partition coefficient (Wildman–Crippen LogP) is 2.24. The maximum absolute atomic E-state index is 11.8. The molecule has 1 aromatic rings. The third-order valence-electron chi connectivity index (χ3n) is 2.68. The second-order valence-corrected chi connectivity index (χ2v) is 5.17. The third kappa shape index (κ3) is 4.84. The number of benzene rings is 1. The van der Waals surface area contributed by atoms with Gasteiger partial charge in [0.25, 0.3) is 5.91 Å². The zero-order valence-corrected chi connectivity index (χ0v) is 13.0. The fraction of sp³-hybridized carbons (Fsp3) is 0.500. The van der Waals surface area contributed by atoms with E-state index in [-0.39, 0.29) is 5.91 Å². The first kappa shape index (κ1) is 16.0. The number of rotatable bonds is 7. The van der Waals surface area contributed by atoms with Gasteiger partial charge >= 0.3 is 0 Å². The van der Waals surface area contributed by atoms with Crippen LogP contribution in [0.2, 0.25) is 0 Å². The molecule has 0 saturated heterocycles. The van der Waals surface area contributed by atoms with E-state index in [2.05, 4.69) is 21.2 Å². The monoisotopic (exact) mass is 328 g/mol. The Kier molecular flexibility index (Phi) is 6.87. The summed E-state index contributed by atoms with van der Waals surface area (Å²) in [5.74, 6) is 0.600. The minimum atomic E-state index is -0.526. The van der Waals surface area contributed by atoms with Crippen LogP contribution in [0.1, 0.15) is 25.8 Å². The summed E-state index contributed by atoms with van der Waals surface area (Å²) in [5.41, 5.74) is 6.59. The highest BCUT2D eigenvalue weighted by Gasteiger charge is 2.17. The minimum Gasteiger partial charge on any atom is -0.479 e. The van der Waals surface area contributed by atoms with Crippen LogP contribution in [0.15, 0.2) is 22.7 Å². The number of halogens is 1. The van der Waals surface area contributed by atoms with Gasteiger partial charge in [-0.1, -0.05) is 19.1 Å². The lowest BCUT2D eigenvalue weighted by molar-refractivity contribution is -0.127. The van der Waals surface area contributed by atoms with Crippen LogP contribution < -0.4 is 15.8 Å². The second kappa shape index (κ2) is 8.17. The highest BCUT2D eigenvalue weighted by atomic mass is 79.9. The average molecular weight is 329 g/mol. The van der Waals surface area contributed by atoms with Crippen LogP contribution in [-0.2, 0) is 11.2 Å². The van der Waals surface area contributed by atoms with Crippen molar-refractivity contribution in [3.8, 4) is 5.75 Å². The number of carbonyl (C=O) groups is 1. The number of nitrogens with one attached hydrogen (secondary N) is 1. The molecule has 3 N–H and O–H groups in total. The van der Waals surface area contributed by atoms with Crippen LogP contribution in [0.4, 0.5) is 0 Å². The molecule has 1 rings (SSSR count). The molecule has 0 radical (unpaired) electrons. The molecule has 0 aromatic heterocycles. The molecule has 1 amide bonds. The second-order valence-electron chi connectivity index (χ2n) is 4.32. The summed E-state index contributed by atoms with van der Waals surface area (Å²) < 4.78 is 6.61. The van der Waals surface area contributed by atoms with E-state index in [0.717, 1.165) is 22.9 Å².